The van der Waals surface area contributed by atoms with Crippen LogP contribution in [0.1, 0.15) is 18.4 Å². The number of benzene rings is 1. The smallest absolute Gasteiger partial charge is 0.0622 e. The number of aromatic nitrogens is 1. The largest absolute Gasteiger partial charge is 0.347 e. The van der Waals surface area contributed by atoms with E-state index >= 15 is 0 Å². The Bertz CT molecular complexity index is 534. The number of nitriles is 1. The third kappa shape index (κ3) is 2.48. The van der Waals surface area contributed by atoms with Crippen LogP contribution in [0.5, 0.6) is 0 Å². The van der Waals surface area contributed by atoms with Crippen molar-refractivity contribution in [1.29, 1.82) is 5.26 Å². The van der Waals surface area contributed by atoms with Crippen LogP contribution in [0.15, 0.2) is 30.5 Å². The van der Waals surface area contributed by atoms with Crippen molar-refractivity contribution in [2.45, 2.75) is 25.8 Å². The van der Waals surface area contributed by atoms with Gasteiger partial charge < -0.3 is 10.3 Å². The summed E-state index contributed by atoms with van der Waals surface area (Å²) < 4.78 is 2.21. The maximum Gasteiger partial charge on any atom is 0.0622 e. The van der Waals surface area contributed by atoms with Crippen molar-refractivity contribution in [1.82, 2.24) is 4.57 Å². The van der Waals surface area contributed by atoms with Crippen LogP contribution < -0.4 is 5.73 Å². The Kier molecular flexibility index (Phi) is 3.79. The Morgan fingerprint density at radius 1 is 1.29 bits per heavy atom. The number of fused-ring (bicyclic) bond motifs is 1. The first kappa shape index (κ1) is 11.7. The summed E-state index contributed by atoms with van der Waals surface area (Å²) in [6, 6.07) is 10.7. The lowest BCUT2D eigenvalue weighted by Gasteiger charge is -2.05. The van der Waals surface area contributed by atoms with Gasteiger partial charge in [-0.2, -0.15) is 5.26 Å². The van der Waals surface area contributed by atoms with Gasteiger partial charge in [0.25, 0.3) is 0 Å². The van der Waals surface area contributed by atoms with Crippen molar-refractivity contribution in [3.05, 3.63) is 36.0 Å². The van der Waals surface area contributed by atoms with Crippen molar-refractivity contribution in [3.63, 3.8) is 0 Å². The van der Waals surface area contributed by atoms with Gasteiger partial charge in [-0.15, -0.1) is 0 Å². The zero-order valence-electron chi connectivity index (χ0n) is 9.89. The van der Waals surface area contributed by atoms with E-state index in [0.29, 0.717) is 13.0 Å². The SMILES string of the molecule is N#CCCCn1ccc2c(CCN)cccc21. The molecule has 1 aromatic heterocycles. The van der Waals surface area contributed by atoms with E-state index < -0.39 is 0 Å². The van der Waals surface area contributed by atoms with Crippen LogP contribution in [-0.4, -0.2) is 11.1 Å². The minimum atomic E-state index is 0.613. The molecule has 88 valence electrons. The molecule has 0 saturated heterocycles. The molecule has 2 rings (SSSR count). The van der Waals surface area contributed by atoms with Gasteiger partial charge >= 0.3 is 0 Å². The van der Waals surface area contributed by atoms with Gasteiger partial charge in [-0.25, -0.2) is 0 Å². The zero-order chi connectivity index (χ0) is 12.1. The van der Waals surface area contributed by atoms with Gasteiger partial charge in [0.2, 0.25) is 0 Å². The van der Waals surface area contributed by atoms with Gasteiger partial charge in [0.1, 0.15) is 0 Å². The monoisotopic (exact) mass is 227 g/mol. The molecular weight excluding hydrogens is 210 g/mol. The lowest BCUT2D eigenvalue weighted by Crippen LogP contribution is -2.03. The molecule has 2 aromatic rings. The quantitative estimate of drug-likeness (QED) is 0.798. The molecule has 0 spiro atoms. The predicted molar refractivity (Wildman–Crippen MR) is 69.5 cm³/mol. The molecule has 0 fully saturated rings. The number of hydrogen-bond donors (Lipinski definition) is 1. The Hall–Kier alpha value is -1.79. The van der Waals surface area contributed by atoms with E-state index in [0.717, 1.165) is 19.4 Å². The Morgan fingerprint density at radius 2 is 2.18 bits per heavy atom. The summed E-state index contributed by atoms with van der Waals surface area (Å²) in [4.78, 5) is 0. The van der Waals surface area contributed by atoms with Crippen molar-refractivity contribution in [2.24, 2.45) is 5.73 Å². The highest BCUT2D eigenvalue weighted by atomic mass is 14.9. The fourth-order valence-electron chi connectivity index (χ4n) is 2.18. The summed E-state index contributed by atoms with van der Waals surface area (Å²) in [5.74, 6) is 0. The second-order valence-corrected chi connectivity index (χ2v) is 4.16. The highest BCUT2D eigenvalue weighted by molar-refractivity contribution is 5.83. The number of hydrogen-bond acceptors (Lipinski definition) is 2. The molecule has 0 bridgehead atoms. The number of rotatable bonds is 5. The number of nitrogens with zero attached hydrogens (tertiary/aromatic N) is 2. The van der Waals surface area contributed by atoms with Gasteiger partial charge in [-0.3, -0.25) is 0 Å². The van der Waals surface area contributed by atoms with Crippen molar-refractivity contribution >= 4 is 10.9 Å². The summed E-state index contributed by atoms with van der Waals surface area (Å²) in [5.41, 5.74) is 8.17. The molecule has 0 unspecified atom stereocenters. The average molecular weight is 227 g/mol. The molecule has 3 nitrogen and oxygen atoms in total. The van der Waals surface area contributed by atoms with Crippen molar-refractivity contribution in [3.8, 4) is 6.07 Å². The number of aryl methyl sites for hydroxylation is 1. The van der Waals surface area contributed by atoms with E-state index in [1.165, 1.54) is 16.5 Å². The maximum atomic E-state index is 8.55. The second kappa shape index (κ2) is 5.51. The summed E-state index contributed by atoms with van der Waals surface area (Å²) in [7, 11) is 0. The van der Waals surface area contributed by atoms with Gasteiger partial charge in [0.15, 0.2) is 0 Å². The molecule has 17 heavy (non-hydrogen) atoms. The molecule has 0 aliphatic carbocycles. The van der Waals surface area contributed by atoms with Crippen molar-refractivity contribution < 1.29 is 0 Å². The number of nitrogens with two attached hydrogens (primary N) is 1. The van der Waals surface area contributed by atoms with E-state index in [4.69, 9.17) is 11.0 Å². The topological polar surface area (TPSA) is 54.7 Å². The van der Waals surface area contributed by atoms with E-state index in [1.807, 2.05) is 0 Å². The Balaban J connectivity index is 2.28. The normalized spacial score (nSPS) is 10.6. The molecule has 0 atom stereocenters. The first-order valence-corrected chi connectivity index (χ1v) is 6.00. The van der Waals surface area contributed by atoms with Gasteiger partial charge in [0.05, 0.1) is 6.07 Å². The van der Waals surface area contributed by atoms with Crippen LogP contribution >= 0.6 is 0 Å². The highest BCUT2D eigenvalue weighted by Crippen LogP contribution is 2.21. The predicted octanol–water partition coefficient (Wildman–Crippen LogP) is 2.45. The van der Waals surface area contributed by atoms with Crippen molar-refractivity contribution in [2.75, 3.05) is 6.54 Å². The summed E-state index contributed by atoms with van der Waals surface area (Å²) >= 11 is 0. The Labute approximate surface area is 101 Å². The van der Waals surface area contributed by atoms with Crippen LogP contribution in [0.2, 0.25) is 0 Å². The first-order valence-electron chi connectivity index (χ1n) is 6.00. The van der Waals surface area contributed by atoms with E-state index in [-0.39, 0.29) is 0 Å². The fraction of sp³-hybridized carbons (Fsp3) is 0.357. The molecule has 1 heterocycles. The average Bonchev–Trinajstić information content (AvgIpc) is 2.75. The van der Waals surface area contributed by atoms with Crippen LogP contribution in [0.4, 0.5) is 0 Å². The lowest BCUT2D eigenvalue weighted by atomic mass is 10.1. The van der Waals surface area contributed by atoms with Gasteiger partial charge in [-0.05, 0) is 37.1 Å². The van der Waals surface area contributed by atoms with E-state index in [1.54, 1.807) is 0 Å². The molecule has 0 aliphatic rings. The van der Waals surface area contributed by atoms with Gasteiger partial charge in [-0.1, -0.05) is 12.1 Å². The van der Waals surface area contributed by atoms with Crippen LogP contribution in [0, 0.1) is 11.3 Å². The highest BCUT2D eigenvalue weighted by Gasteiger charge is 2.04. The third-order valence-electron chi connectivity index (χ3n) is 3.01. The molecule has 0 aliphatic heterocycles. The molecule has 0 radical (unpaired) electrons. The molecular formula is C14H17N3. The molecule has 3 heteroatoms. The maximum absolute atomic E-state index is 8.55. The number of unbranched alkanes of at least 4 members (excludes halogenated alkanes) is 1. The van der Waals surface area contributed by atoms with Gasteiger partial charge in [0, 0.05) is 30.1 Å². The Morgan fingerprint density at radius 3 is 2.94 bits per heavy atom. The van der Waals surface area contributed by atoms with E-state index in [9.17, 15) is 0 Å². The molecule has 0 amide bonds. The summed E-state index contributed by atoms with van der Waals surface area (Å²) in [6.07, 6.45) is 4.53. The molecule has 2 N–H and O–H groups in total. The standard InChI is InChI=1S/C14H17N3/c15-8-1-2-10-17-11-7-13-12(6-9-16)4-3-5-14(13)17/h3-5,7,11H,1-2,6,9-10,16H2. The molecule has 1 aromatic carbocycles. The minimum absolute atomic E-state index is 0.613. The third-order valence-corrected chi connectivity index (χ3v) is 3.01. The molecule has 0 saturated carbocycles. The second-order valence-electron chi connectivity index (χ2n) is 4.16. The fourth-order valence-corrected chi connectivity index (χ4v) is 2.18. The van der Waals surface area contributed by atoms with Crippen LogP contribution in [0.3, 0.4) is 0 Å². The lowest BCUT2D eigenvalue weighted by molar-refractivity contribution is 0.674. The zero-order valence-corrected chi connectivity index (χ0v) is 9.89. The first-order chi connectivity index (χ1) is 8.36. The van der Waals surface area contributed by atoms with E-state index in [2.05, 4.69) is 41.1 Å². The van der Waals surface area contributed by atoms with Crippen LogP contribution in [-0.2, 0) is 13.0 Å². The minimum Gasteiger partial charge on any atom is -0.347 e. The summed E-state index contributed by atoms with van der Waals surface area (Å²) in [5, 5.41) is 9.84. The van der Waals surface area contributed by atoms with Crippen LogP contribution in [0.25, 0.3) is 10.9 Å². The summed E-state index contributed by atoms with van der Waals surface area (Å²) in [6.45, 7) is 1.59.